The van der Waals surface area contributed by atoms with Crippen molar-refractivity contribution in [1.82, 2.24) is 19.6 Å². The minimum atomic E-state index is -1.55. The quantitative estimate of drug-likeness (QED) is 0.631. The van der Waals surface area contributed by atoms with Gasteiger partial charge >= 0.3 is 6.09 Å². The first-order valence-electron chi connectivity index (χ1n) is 10.3. The molecule has 1 amide bonds. The van der Waals surface area contributed by atoms with Crippen molar-refractivity contribution in [3.8, 4) is 5.69 Å². The number of carbonyl (C=O) groups excluding carboxylic acids is 1. The summed E-state index contributed by atoms with van der Waals surface area (Å²) in [4.78, 5) is 24.4. The van der Waals surface area contributed by atoms with Crippen LogP contribution in [0.15, 0.2) is 53.7 Å². The molecule has 1 aliphatic heterocycles. The first kappa shape index (κ1) is 21.7. The van der Waals surface area contributed by atoms with Crippen molar-refractivity contribution >= 4 is 11.8 Å². The number of ether oxygens (including phenoxy) is 2. The molecule has 0 bridgehead atoms. The Morgan fingerprint density at radius 2 is 2.12 bits per heavy atom. The lowest BCUT2D eigenvalue weighted by Crippen LogP contribution is -2.37. The highest BCUT2D eigenvalue weighted by Crippen LogP contribution is 2.25. The van der Waals surface area contributed by atoms with E-state index < -0.39 is 11.8 Å². The lowest BCUT2D eigenvalue weighted by atomic mass is 9.98. The topological polar surface area (TPSA) is 100 Å². The first-order valence-corrected chi connectivity index (χ1v) is 10.3. The van der Waals surface area contributed by atoms with Crippen molar-refractivity contribution in [2.45, 2.75) is 24.9 Å². The van der Waals surface area contributed by atoms with Crippen LogP contribution in [0.5, 0.6) is 0 Å². The number of hydrogen-bond acceptors (Lipinski definition) is 6. The van der Waals surface area contributed by atoms with E-state index in [4.69, 9.17) is 9.47 Å². The Bertz CT molecular complexity index is 1150. The van der Waals surface area contributed by atoms with Gasteiger partial charge in [-0.2, -0.15) is 10.2 Å². The molecular weight excluding hydrogens is 417 g/mol. The third-order valence-electron chi connectivity index (χ3n) is 5.23. The molecule has 168 valence electrons. The Morgan fingerprint density at radius 1 is 1.31 bits per heavy atom. The van der Waals surface area contributed by atoms with Crippen LogP contribution in [0.25, 0.3) is 5.69 Å². The molecule has 3 heterocycles. The number of rotatable bonds is 6. The second-order valence-electron chi connectivity index (χ2n) is 7.79. The van der Waals surface area contributed by atoms with Crippen LogP contribution in [0.3, 0.4) is 0 Å². The molecule has 0 saturated carbocycles. The molecule has 10 heteroatoms. The van der Waals surface area contributed by atoms with E-state index in [0.29, 0.717) is 24.6 Å². The summed E-state index contributed by atoms with van der Waals surface area (Å²) in [6.07, 6.45) is 4.98. The number of nitrogens with zero attached hydrogens (tertiary/aromatic N) is 4. The summed E-state index contributed by atoms with van der Waals surface area (Å²) in [5.74, 6) is 0. The van der Waals surface area contributed by atoms with E-state index in [0.717, 1.165) is 11.3 Å². The Morgan fingerprint density at radius 3 is 2.88 bits per heavy atom. The van der Waals surface area contributed by atoms with E-state index in [1.54, 1.807) is 53.2 Å². The van der Waals surface area contributed by atoms with Gasteiger partial charge in [0.1, 0.15) is 23.7 Å². The minimum absolute atomic E-state index is 0.187. The Hall–Kier alpha value is -3.53. The Balaban J connectivity index is 1.41. The number of aryl methyl sites for hydroxylation is 1. The summed E-state index contributed by atoms with van der Waals surface area (Å²) in [6.45, 7) is 0.322. The van der Waals surface area contributed by atoms with Crippen LogP contribution >= 0.6 is 0 Å². The number of halogens is 1. The summed E-state index contributed by atoms with van der Waals surface area (Å²) < 4.78 is 28.0. The molecule has 3 aromatic rings. The number of nitrogens with one attached hydrogen (secondary N) is 1. The van der Waals surface area contributed by atoms with Gasteiger partial charge in [0.05, 0.1) is 12.4 Å². The van der Waals surface area contributed by atoms with Gasteiger partial charge in [-0.1, -0.05) is 12.1 Å². The van der Waals surface area contributed by atoms with Crippen LogP contribution in [0.2, 0.25) is 0 Å². The van der Waals surface area contributed by atoms with E-state index >= 15 is 0 Å². The summed E-state index contributed by atoms with van der Waals surface area (Å²) in [5, 5.41) is 11.1. The second-order valence-corrected chi connectivity index (χ2v) is 7.79. The van der Waals surface area contributed by atoms with E-state index in [2.05, 4.69) is 15.5 Å². The van der Waals surface area contributed by atoms with Crippen LogP contribution in [0.1, 0.15) is 24.1 Å². The number of aromatic nitrogens is 4. The normalized spacial score (nSPS) is 15.3. The molecule has 32 heavy (non-hydrogen) atoms. The number of anilines is 1. The molecule has 1 saturated heterocycles. The lowest BCUT2D eigenvalue weighted by Gasteiger charge is -2.28. The smallest absolute Gasteiger partial charge is 0.411 e. The fourth-order valence-electron chi connectivity index (χ4n) is 3.42. The molecule has 0 spiro atoms. The average Bonchev–Trinajstić information content (AvgIpc) is 3.21. The zero-order valence-electron chi connectivity index (χ0n) is 17.7. The Kier molecular flexibility index (Phi) is 6.31. The number of hydrogen-bond donors (Lipinski definition) is 1. The molecular formula is C22H24FN5O4. The standard InChI is InChI=1S/C22H24FN5O4/c1-27-14-18(13-24-27)28-8-5-20(29)19(26-28)12-16-3-2-4-17(11-16)25-21(30)32-15-22(23)6-9-31-10-7-22/h2-5,8,11,13-14H,6-7,9-10,12,15H2,1H3,(H,25,30). The lowest BCUT2D eigenvalue weighted by molar-refractivity contribution is -0.0402. The predicted octanol–water partition coefficient (Wildman–Crippen LogP) is 2.62. The van der Waals surface area contributed by atoms with Gasteiger partial charge in [-0.05, 0) is 17.7 Å². The molecule has 9 nitrogen and oxygen atoms in total. The molecule has 1 aliphatic rings. The van der Waals surface area contributed by atoms with E-state index in [1.807, 2.05) is 6.07 Å². The fourth-order valence-corrected chi connectivity index (χ4v) is 3.42. The Labute approximate surface area is 183 Å². The fraction of sp³-hybridized carbons (Fsp3) is 0.364. The number of carbonyl (C=O) groups is 1. The average molecular weight is 441 g/mol. The molecule has 4 rings (SSSR count). The zero-order chi connectivity index (χ0) is 22.6. The third-order valence-corrected chi connectivity index (χ3v) is 5.23. The van der Waals surface area contributed by atoms with Crippen LogP contribution in [0, 0.1) is 0 Å². The van der Waals surface area contributed by atoms with Crippen molar-refractivity contribution in [3.63, 3.8) is 0 Å². The first-order chi connectivity index (χ1) is 15.4. The highest BCUT2D eigenvalue weighted by molar-refractivity contribution is 5.84. The van der Waals surface area contributed by atoms with Gasteiger partial charge in [-0.3, -0.25) is 14.8 Å². The number of amides is 1. The van der Waals surface area contributed by atoms with Gasteiger partial charge in [-0.15, -0.1) is 0 Å². The van der Waals surface area contributed by atoms with Crippen molar-refractivity contribution in [2.24, 2.45) is 7.05 Å². The molecule has 1 N–H and O–H groups in total. The molecule has 0 radical (unpaired) electrons. The highest BCUT2D eigenvalue weighted by Gasteiger charge is 2.34. The van der Waals surface area contributed by atoms with Gasteiger partial charge in [0.2, 0.25) is 5.43 Å². The van der Waals surface area contributed by atoms with E-state index in [1.165, 1.54) is 6.07 Å². The van der Waals surface area contributed by atoms with Crippen molar-refractivity contribution < 1.29 is 18.7 Å². The van der Waals surface area contributed by atoms with Crippen LogP contribution in [-0.2, 0) is 22.9 Å². The van der Waals surface area contributed by atoms with E-state index in [-0.39, 0.29) is 31.3 Å². The third kappa shape index (κ3) is 5.38. The van der Waals surface area contributed by atoms with Crippen molar-refractivity contribution in [2.75, 3.05) is 25.1 Å². The van der Waals surface area contributed by atoms with Crippen molar-refractivity contribution in [1.29, 1.82) is 0 Å². The van der Waals surface area contributed by atoms with Gasteiger partial charge in [0.25, 0.3) is 0 Å². The maximum absolute atomic E-state index is 14.5. The minimum Gasteiger partial charge on any atom is -0.446 e. The van der Waals surface area contributed by atoms with Crippen LogP contribution < -0.4 is 10.7 Å². The maximum Gasteiger partial charge on any atom is 0.411 e. The van der Waals surface area contributed by atoms with Crippen LogP contribution in [0.4, 0.5) is 14.9 Å². The monoisotopic (exact) mass is 441 g/mol. The van der Waals surface area contributed by atoms with Crippen LogP contribution in [-0.4, -0.2) is 51.1 Å². The molecule has 0 unspecified atom stereocenters. The van der Waals surface area contributed by atoms with Crippen molar-refractivity contribution in [3.05, 3.63) is 70.4 Å². The molecule has 2 aromatic heterocycles. The largest absolute Gasteiger partial charge is 0.446 e. The van der Waals surface area contributed by atoms with Gasteiger partial charge in [0.15, 0.2) is 0 Å². The molecule has 0 atom stereocenters. The number of benzene rings is 1. The molecule has 1 fully saturated rings. The summed E-state index contributed by atoms with van der Waals surface area (Å²) >= 11 is 0. The summed E-state index contributed by atoms with van der Waals surface area (Å²) in [7, 11) is 1.80. The summed E-state index contributed by atoms with van der Waals surface area (Å²) in [5.41, 5.74) is 0.619. The predicted molar refractivity (Wildman–Crippen MR) is 115 cm³/mol. The maximum atomic E-state index is 14.5. The highest BCUT2D eigenvalue weighted by atomic mass is 19.1. The van der Waals surface area contributed by atoms with Gasteiger partial charge in [-0.25, -0.2) is 13.9 Å². The van der Waals surface area contributed by atoms with Gasteiger partial charge in [0, 0.05) is 57.5 Å². The van der Waals surface area contributed by atoms with Gasteiger partial charge < -0.3 is 9.47 Å². The molecule has 0 aliphatic carbocycles. The van der Waals surface area contributed by atoms with E-state index in [9.17, 15) is 14.0 Å². The second kappa shape index (κ2) is 9.31. The SMILES string of the molecule is Cn1cc(-n2ccc(=O)c(Cc3cccc(NC(=O)OCC4(F)CCOCC4)c3)n2)cn1. The molecule has 1 aromatic carbocycles. The number of alkyl halides is 1. The summed E-state index contributed by atoms with van der Waals surface area (Å²) in [6, 6.07) is 8.46. The zero-order valence-corrected chi connectivity index (χ0v) is 17.7.